The molecule has 1 aromatic heterocycles. The Hall–Kier alpha value is -4.03. The van der Waals surface area contributed by atoms with Gasteiger partial charge in [-0.3, -0.25) is 0 Å². The summed E-state index contributed by atoms with van der Waals surface area (Å²) in [5.41, 5.74) is 3.97. The van der Waals surface area contributed by atoms with E-state index in [-0.39, 0.29) is 12.6 Å². The normalized spacial score (nSPS) is 22.3. The first kappa shape index (κ1) is 32.5. The number of amidine groups is 1. The van der Waals surface area contributed by atoms with Crippen molar-refractivity contribution < 1.29 is 18.9 Å². The Kier molecular flexibility index (Phi) is 9.90. The number of benzene rings is 3. The van der Waals surface area contributed by atoms with Crippen molar-refractivity contribution in [1.29, 1.82) is 0 Å². The number of aromatic nitrogens is 3. The lowest BCUT2D eigenvalue weighted by molar-refractivity contribution is -0.190. The summed E-state index contributed by atoms with van der Waals surface area (Å²) in [5, 5.41) is 5.23. The Morgan fingerprint density at radius 2 is 1.67 bits per heavy atom. The smallest absolute Gasteiger partial charge is 0.292 e. The highest BCUT2D eigenvalue weighted by Crippen LogP contribution is 2.40. The molecule has 0 spiro atoms. The Bertz CT molecular complexity index is 1680. The average molecular weight is 693 g/mol. The van der Waals surface area contributed by atoms with Gasteiger partial charge in [-0.1, -0.05) is 29.3 Å². The Balaban J connectivity index is 0.915. The van der Waals surface area contributed by atoms with E-state index in [4.69, 9.17) is 47.1 Å². The summed E-state index contributed by atoms with van der Waals surface area (Å²) >= 11 is 12.7. The third-order valence-corrected chi connectivity index (χ3v) is 9.40. The van der Waals surface area contributed by atoms with Crippen molar-refractivity contribution in [2.75, 3.05) is 68.9 Å². The summed E-state index contributed by atoms with van der Waals surface area (Å²) in [6.45, 7) is 9.41. The van der Waals surface area contributed by atoms with Crippen LogP contribution in [0.25, 0.3) is 0 Å². The predicted molar refractivity (Wildman–Crippen MR) is 187 cm³/mol. The van der Waals surface area contributed by atoms with Crippen LogP contribution in [0.1, 0.15) is 18.9 Å². The first-order valence-corrected chi connectivity index (χ1v) is 17.1. The number of hydrogen-bond acceptors (Lipinski definition) is 9. The van der Waals surface area contributed by atoms with Crippen LogP contribution in [0.15, 0.2) is 84.4 Å². The SMILES string of the molecule is CCN1CCCOC1=Nc1ccc(N2CCN(c3ccc(OCC4COC(Cn5cncn5)(c5ccc(Cl)cc5Cl)O4)cc3)CC2)cc1. The van der Waals surface area contributed by atoms with Crippen molar-refractivity contribution in [2.24, 2.45) is 4.99 Å². The van der Waals surface area contributed by atoms with Crippen molar-refractivity contribution in [3.05, 3.63) is 95.0 Å². The molecular formula is C35H39Cl2N7O4. The van der Waals surface area contributed by atoms with Gasteiger partial charge < -0.3 is 33.6 Å². The van der Waals surface area contributed by atoms with Gasteiger partial charge in [0.25, 0.3) is 6.02 Å². The van der Waals surface area contributed by atoms with Crippen LogP contribution < -0.4 is 14.5 Å². The maximum absolute atomic E-state index is 6.59. The molecular weight excluding hydrogens is 653 g/mol. The molecule has 3 saturated heterocycles. The summed E-state index contributed by atoms with van der Waals surface area (Å²) in [6.07, 6.45) is 3.81. The van der Waals surface area contributed by atoms with E-state index < -0.39 is 5.79 Å². The molecule has 3 aliphatic heterocycles. The zero-order valence-corrected chi connectivity index (χ0v) is 28.4. The van der Waals surface area contributed by atoms with E-state index in [9.17, 15) is 0 Å². The fourth-order valence-corrected chi connectivity index (χ4v) is 6.85. The largest absolute Gasteiger partial charge is 0.491 e. The third kappa shape index (κ3) is 7.34. The van der Waals surface area contributed by atoms with Gasteiger partial charge in [-0.25, -0.2) is 9.67 Å². The average Bonchev–Trinajstić information content (AvgIpc) is 3.79. The lowest BCUT2D eigenvalue weighted by Gasteiger charge is -2.37. The van der Waals surface area contributed by atoms with E-state index >= 15 is 0 Å². The second-order valence-electron chi connectivity index (χ2n) is 12.0. The number of halogens is 2. The molecule has 0 N–H and O–H groups in total. The Morgan fingerprint density at radius 3 is 2.33 bits per heavy atom. The van der Waals surface area contributed by atoms with Gasteiger partial charge in [0, 0.05) is 61.2 Å². The molecule has 0 radical (unpaired) electrons. The van der Waals surface area contributed by atoms with Gasteiger partial charge in [-0.05, 0) is 74.0 Å². The Labute approximate surface area is 290 Å². The van der Waals surface area contributed by atoms with E-state index in [0.29, 0.717) is 28.8 Å². The molecule has 2 unspecified atom stereocenters. The van der Waals surface area contributed by atoms with Crippen LogP contribution in [0.5, 0.6) is 5.75 Å². The fraction of sp³-hybridized carbons (Fsp3) is 0.400. The van der Waals surface area contributed by atoms with Crippen LogP contribution in [0.4, 0.5) is 17.1 Å². The first-order chi connectivity index (χ1) is 23.5. The number of nitrogens with zero attached hydrogens (tertiary/aromatic N) is 7. The number of piperazine rings is 1. The second-order valence-corrected chi connectivity index (χ2v) is 12.8. The van der Waals surface area contributed by atoms with Gasteiger partial charge in [0.2, 0.25) is 5.79 Å². The highest BCUT2D eigenvalue weighted by molar-refractivity contribution is 6.35. The number of anilines is 2. The summed E-state index contributed by atoms with van der Waals surface area (Å²) in [6, 6.07) is 22.7. The van der Waals surface area contributed by atoms with Gasteiger partial charge in [-0.2, -0.15) is 10.1 Å². The highest BCUT2D eigenvalue weighted by Gasteiger charge is 2.45. The quantitative estimate of drug-likeness (QED) is 0.199. The van der Waals surface area contributed by atoms with Crippen LogP contribution >= 0.6 is 23.2 Å². The minimum Gasteiger partial charge on any atom is -0.491 e. The maximum atomic E-state index is 6.59. The maximum Gasteiger partial charge on any atom is 0.292 e. The molecule has 3 aromatic carbocycles. The summed E-state index contributed by atoms with van der Waals surface area (Å²) in [7, 11) is 0. The summed E-state index contributed by atoms with van der Waals surface area (Å²) in [5.74, 6) is -0.379. The number of hydrogen-bond donors (Lipinski definition) is 0. The molecule has 252 valence electrons. The van der Waals surface area contributed by atoms with Crippen LogP contribution in [0.3, 0.4) is 0 Å². The fourth-order valence-electron chi connectivity index (χ4n) is 6.30. The zero-order chi connectivity index (χ0) is 32.9. The lowest BCUT2D eigenvalue weighted by atomic mass is 10.1. The van der Waals surface area contributed by atoms with Gasteiger partial charge in [-0.15, -0.1) is 0 Å². The van der Waals surface area contributed by atoms with E-state index in [1.54, 1.807) is 23.1 Å². The molecule has 4 heterocycles. The first-order valence-electron chi connectivity index (χ1n) is 16.4. The van der Waals surface area contributed by atoms with Gasteiger partial charge in [0.1, 0.15) is 37.7 Å². The standard InChI is InChI=1S/C35H39Cl2N7O4/c1-2-41-14-3-19-45-34(41)40-27-5-7-28(8-6-27)42-15-17-43(18-16-42)29-9-11-30(12-10-29)46-21-31-22-47-35(48-31,23-44-25-38-24-39-44)32-13-4-26(36)20-33(32)37/h4-13,20,24-25,31H,2-3,14-19,21-23H2,1H3. The zero-order valence-electron chi connectivity index (χ0n) is 26.9. The van der Waals surface area contributed by atoms with Crippen LogP contribution in [0.2, 0.25) is 10.0 Å². The van der Waals surface area contributed by atoms with Crippen molar-refractivity contribution >= 4 is 46.3 Å². The van der Waals surface area contributed by atoms with Crippen LogP contribution in [-0.4, -0.2) is 90.9 Å². The minimum atomic E-state index is -1.15. The van der Waals surface area contributed by atoms with Crippen molar-refractivity contribution in [1.82, 2.24) is 19.7 Å². The molecule has 11 nitrogen and oxygen atoms in total. The topological polar surface area (TPSA) is 89.7 Å². The molecule has 4 aromatic rings. The van der Waals surface area contributed by atoms with E-state index in [2.05, 4.69) is 68.1 Å². The number of ether oxygens (including phenoxy) is 4. The predicted octanol–water partition coefficient (Wildman–Crippen LogP) is 5.99. The molecule has 0 amide bonds. The lowest BCUT2D eigenvalue weighted by Crippen LogP contribution is -2.46. The van der Waals surface area contributed by atoms with E-state index in [1.807, 2.05) is 18.2 Å². The van der Waals surface area contributed by atoms with Gasteiger partial charge >= 0.3 is 0 Å². The molecule has 13 heteroatoms. The number of rotatable bonds is 10. The molecule has 48 heavy (non-hydrogen) atoms. The molecule has 0 aliphatic carbocycles. The number of aliphatic imine (C=N–C) groups is 1. The molecule has 3 fully saturated rings. The molecule has 2 atom stereocenters. The van der Waals surface area contributed by atoms with Crippen molar-refractivity contribution in [3.8, 4) is 5.75 Å². The van der Waals surface area contributed by atoms with Crippen molar-refractivity contribution in [3.63, 3.8) is 0 Å². The Morgan fingerprint density at radius 1 is 0.938 bits per heavy atom. The minimum absolute atomic E-state index is 0.279. The monoisotopic (exact) mass is 691 g/mol. The summed E-state index contributed by atoms with van der Waals surface area (Å²) in [4.78, 5) is 15.8. The van der Waals surface area contributed by atoms with Gasteiger partial charge in [0.15, 0.2) is 0 Å². The molecule has 7 rings (SSSR count). The van der Waals surface area contributed by atoms with Crippen LogP contribution in [0, 0.1) is 0 Å². The van der Waals surface area contributed by atoms with Crippen molar-refractivity contribution in [2.45, 2.75) is 31.8 Å². The van der Waals surface area contributed by atoms with E-state index in [1.165, 1.54) is 17.7 Å². The molecule has 3 aliphatic rings. The second kappa shape index (κ2) is 14.6. The summed E-state index contributed by atoms with van der Waals surface area (Å²) < 4.78 is 26.4. The van der Waals surface area contributed by atoms with E-state index in [0.717, 1.165) is 69.8 Å². The molecule has 0 saturated carbocycles. The van der Waals surface area contributed by atoms with Crippen LogP contribution in [-0.2, 0) is 26.5 Å². The molecule has 0 bridgehead atoms. The third-order valence-electron chi connectivity index (χ3n) is 8.85. The van der Waals surface area contributed by atoms with Gasteiger partial charge in [0.05, 0.1) is 23.9 Å². The highest BCUT2D eigenvalue weighted by atomic mass is 35.5.